The van der Waals surface area contributed by atoms with Crippen LogP contribution in [0.1, 0.15) is 24.4 Å². The maximum absolute atomic E-state index is 5.42. The van der Waals surface area contributed by atoms with Crippen LogP contribution in [0.5, 0.6) is 11.5 Å². The first kappa shape index (κ1) is 19.4. The lowest BCUT2D eigenvalue weighted by atomic mass is 9.99. The number of hydrogen-bond donors (Lipinski definition) is 1. The van der Waals surface area contributed by atoms with E-state index in [2.05, 4.69) is 22.3 Å². The van der Waals surface area contributed by atoms with Crippen LogP contribution in [-0.2, 0) is 0 Å². The van der Waals surface area contributed by atoms with Gasteiger partial charge in [-0.25, -0.2) is 0 Å². The zero-order chi connectivity index (χ0) is 13.9. The fraction of sp³-hybridized carbons (Fsp3) is 0.625. The van der Waals surface area contributed by atoms with Crippen LogP contribution in [0.3, 0.4) is 0 Å². The van der Waals surface area contributed by atoms with E-state index >= 15 is 0 Å². The van der Waals surface area contributed by atoms with Crippen molar-refractivity contribution in [1.29, 1.82) is 0 Å². The number of methoxy groups -OCH3 is 2. The Bertz CT molecular complexity index is 441. The van der Waals surface area contributed by atoms with Gasteiger partial charge in [0.05, 0.1) is 14.2 Å². The van der Waals surface area contributed by atoms with Crippen molar-refractivity contribution < 1.29 is 9.47 Å². The van der Waals surface area contributed by atoms with Crippen molar-refractivity contribution in [2.24, 2.45) is 5.92 Å². The van der Waals surface area contributed by atoms with E-state index in [1.165, 1.54) is 18.4 Å². The Morgan fingerprint density at radius 3 is 2.00 bits per heavy atom. The van der Waals surface area contributed by atoms with Crippen LogP contribution in [0.2, 0.25) is 0 Å². The van der Waals surface area contributed by atoms with Crippen LogP contribution in [0.25, 0.3) is 0 Å². The lowest BCUT2D eigenvalue weighted by molar-refractivity contribution is 0.155. The van der Waals surface area contributed by atoms with Crippen molar-refractivity contribution in [3.05, 3.63) is 23.8 Å². The second kappa shape index (κ2) is 8.82. The highest BCUT2D eigenvalue weighted by molar-refractivity contribution is 5.85. The van der Waals surface area contributed by atoms with Crippen LogP contribution in [0, 0.1) is 5.92 Å². The standard InChI is InChI=1S/C16H24N2O2.2ClH/c1-19-14-9-13(10-15(11-14)20-2)16(12-3-4-12)18-7-5-17-6-8-18;;/h9-12,16-17H,3-8H2,1-2H3;2*1H/t16-;;/m0../s1. The summed E-state index contributed by atoms with van der Waals surface area (Å²) in [4.78, 5) is 2.61. The third kappa shape index (κ3) is 4.42. The molecule has 22 heavy (non-hydrogen) atoms. The van der Waals surface area contributed by atoms with Crippen LogP contribution in [0.15, 0.2) is 18.2 Å². The van der Waals surface area contributed by atoms with E-state index in [1.807, 2.05) is 6.07 Å². The van der Waals surface area contributed by atoms with E-state index in [0.29, 0.717) is 6.04 Å². The molecule has 2 aliphatic rings. The van der Waals surface area contributed by atoms with E-state index in [1.54, 1.807) is 14.2 Å². The molecule has 0 aromatic heterocycles. The molecule has 0 radical (unpaired) electrons. The van der Waals surface area contributed by atoms with Gasteiger partial charge in [0.25, 0.3) is 0 Å². The van der Waals surface area contributed by atoms with Gasteiger partial charge in [-0.05, 0) is 36.5 Å². The summed E-state index contributed by atoms with van der Waals surface area (Å²) in [7, 11) is 3.44. The molecule has 1 atom stereocenters. The van der Waals surface area contributed by atoms with E-state index in [-0.39, 0.29) is 24.8 Å². The molecule has 1 heterocycles. The number of nitrogens with zero attached hydrogens (tertiary/aromatic N) is 1. The van der Waals surface area contributed by atoms with Gasteiger partial charge in [-0.2, -0.15) is 0 Å². The molecule has 6 heteroatoms. The van der Waals surface area contributed by atoms with E-state index < -0.39 is 0 Å². The average molecular weight is 349 g/mol. The first-order chi connectivity index (χ1) is 9.81. The third-order valence-corrected chi connectivity index (χ3v) is 4.33. The Labute approximate surface area is 145 Å². The molecule has 1 aliphatic carbocycles. The summed E-state index contributed by atoms with van der Waals surface area (Å²) in [6.45, 7) is 4.43. The van der Waals surface area contributed by atoms with Gasteiger partial charge in [0.2, 0.25) is 0 Å². The molecule has 0 bridgehead atoms. The van der Waals surface area contributed by atoms with Crippen molar-refractivity contribution in [2.45, 2.75) is 18.9 Å². The minimum absolute atomic E-state index is 0. The molecule has 126 valence electrons. The van der Waals surface area contributed by atoms with Crippen molar-refractivity contribution in [1.82, 2.24) is 10.2 Å². The third-order valence-electron chi connectivity index (χ3n) is 4.33. The quantitative estimate of drug-likeness (QED) is 0.886. The Balaban J connectivity index is 0.00000121. The zero-order valence-electron chi connectivity index (χ0n) is 13.2. The van der Waals surface area contributed by atoms with Crippen molar-refractivity contribution in [3.63, 3.8) is 0 Å². The maximum atomic E-state index is 5.42. The monoisotopic (exact) mass is 348 g/mol. The molecule has 4 nitrogen and oxygen atoms in total. The Kier molecular flexibility index (Phi) is 7.77. The molecule has 3 rings (SSSR count). The van der Waals surface area contributed by atoms with E-state index in [9.17, 15) is 0 Å². The topological polar surface area (TPSA) is 33.7 Å². The highest BCUT2D eigenvalue weighted by atomic mass is 35.5. The van der Waals surface area contributed by atoms with Gasteiger partial charge in [0, 0.05) is 38.3 Å². The predicted octanol–water partition coefficient (Wildman–Crippen LogP) is 2.90. The smallest absolute Gasteiger partial charge is 0.122 e. The molecule has 1 saturated carbocycles. The van der Waals surface area contributed by atoms with Gasteiger partial charge < -0.3 is 14.8 Å². The zero-order valence-corrected chi connectivity index (χ0v) is 14.8. The molecule has 1 aromatic rings. The number of benzene rings is 1. The minimum atomic E-state index is 0. The summed E-state index contributed by atoms with van der Waals surface area (Å²) in [6, 6.07) is 6.81. The minimum Gasteiger partial charge on any atom is -0.497 e. The number of halogens is 2. The maximum Gasteiger partial charge on any atom is 0.122 e. The summed E-state index contributed by atoms with van der Waals surface area (Å²) in [5.74, 6) is 2.57. The molecule has 2 fully saturated rings. The van der Waals surface area contributed by atoms with E-state index in [0.717, 1.165) is 43.6 Å². The van der Waals surface area contributed by atoms with Crippen LogP contribution >= 0.6 is 24.8 Å². The molecule has 0 amide bonds. The highest BCUT2D eigenvalue weighted by Gasteiger charge is 2.37. The Morgan fingerprint density at radius 2 is 1.55 bits per heavy atom. The fourth-order valence-corrected chi connectivity index (χ4v) is 3.15. The van der Waals surface area contributed by atoms with Gasteiger partial charge in [-0.3, -0.25) is 4.90 Å². The number of ether oxygens (including phenoxy) is 2. The first-order valence-electron chi connectivity index (χ1n) is 7.49. The summed E-state index contributed by atoms with van der Waals surface area (Å²) in [6.07, 6.45) is 2.68. The number of rotatable bonds is 5. The molecule has 1 saturated heterocycles. The van der Waals surface area contributed by atoms with E-state index in [4.69, 9.17) is 9.47 Å². The largest absolute Gasteiger partial charge is 0.497 e. The molecule has 0 unspecified atom stereocenters. The molecule has 1 aliphatic heterocycles. The Hall–Kier alpha value is -0.680. The predicted molar refractivity (Wildman–Crippen MR) is 93.9 cm³/mol. The van der Waals surface area contributed by atoms with Crippen molar-refractivity contribution in [2.75, 3.05) is 40.4 Å². The summed E-state index contributed by atoms with van der Waals surface area (Å²) in [5, 5.41) is 3.43. The van der Waals surface area contributed by atoms with Crippen molar-refractivity contribution in [3.8, 4) is 11.5 Å². The van der Waals surface area contributed by atoms with Gasteiger partial charge in [-0.1, -0.05) is 0 Å². The SMILES string of the molecule is COc1cc(OC)cc([C@H](C2CC2)N2CCNCC2)c1.Cl.Cl. The second-order valence-corrected chi connectivity index (χ2v) is 5.71. The number of piperazine rings is 1. The van der Waals surface area contributed by atoms with Gasteiger partial charge >= 0.3 is 0 Å². The van der Waals surface area contributed by atoms with Crippen LogP contribution < -0.4 is 14.8 Å². The van der Waals surface area contributed by atoms with Gasteiger partial charge in [0.1, 0.15) is 11.5 Å². The molecule has 1 N–H and O–H groups in total. The normalized spacial score (nSPS) is 19.5. The summed E-state index contributed by atoms with van der Waals surface area (Å²) >= 11 is 0. The van der Waals surface area contributed by atoms with Crippen LogP contribution in [0.4, 0.5) is 0 Å². The molecular formula is C16H26Cl2N2O2. The number of nitrogens with one attached hydrogen (secondary N) is 1. The molecular weight excluding hydrogens is 323 g/mol. The van der Waals surface area contributed by atoms with Crippen LogP contribution in [-0.4, -0.2) is 45.3 Å². The first-order valence-corrected chi connectivity index (χ1v) is 7.49. The number of hydrogen-bond acceptors (Lipinski definition) is 4. The second-order valence-electron chi connectivity index (χ2n) is 5.71. The summed E-state index contributed by atoms with van der Waals surface area (Å²) < 4.78 is 10.8. The average Bonchev–Trinajstić information content (AvgIpc) is 3.33. The van der Waals surface area contributed by atoms with Crippen molar-refractivity contribution >= 4 is 24.8 Å². The van der Waals surface area contributed by atoms with Gasteiger partial charge in [-0.15, -0.1) is 24.8 Å². The molecule has 1 aromatic carbocycles. The highest BCUT2D eigenvalue weighted by Crippen LogP contribution is 2.46. The molecule has 0 spiro atoms. The van der Waals surface area contributed by atoms with Gasteiger partial charge in [0.15, 0.2) is 0 Å². The fourth-order valence-electron chi connectivity index (χ4n) is 3.15. The lowest BCUT2D eigenvalue weighted by Gasteiger charge is -2.35. The summed E-state index contributed by atoms with van der Waals surface area (Å²) in [5.41, 5.74) is 1.34. The Morgan fingerprint density at radius 1 is 1.00 bits per heavy atom. The lowest BCUT2D eigenvalue weighted by Crippen LogP contribution is -2.45.